The van der Waals surface area contributed by atoms with Gasteiger partial charge in [-0.15, -0.1) is 11.3 Å². The van der Waals surface area contributed by atoms with Crippen LogP contribution in [-0.4, -0.2) is 22.8 Å². The van der Waals surface area contributed by atoms with Gasteiger partial charge in [-0.25, -0.2) is 4.98 Å². The molecule has 2 heterocycles. The van der Waals surface area contributed by atoms with Crippen LogP contribution in [0.5, 0.6) is 5.75 Å². The average Bonchev–Trinajstić information content (AvgIpc) is 3.11. The molecule has 1 aliphatic heterocycles. The molecule has 0 spiro atoms. The molecule has 1 aromatic heterocycles. The van der Waals surface area contributed by atoms with Gasteiger partial charge in [0, 0.05) is 10.6 Å². The molecule has 4 rings (SSSR count). The van der Waals surface area contributed by atoms with Crippen LogP contribution in [0.3, 0.4) is 0 Å². The van der Waals surface area contributed by atoms with Crippen molar-refractivity contribution in [2.24, 2.45) is 0 Å². The van der Waals surface area contributed by atoms with Crippen LogP contribution in [0.2, 0.25) is 5.02 Å². The fraction of sp³-hybridized carbons (Fsp3) is 0.105. The van der Waals surface area contributed by atoms with Crippen LogP contribution in [0.1, 0.15) is 16.8 Å². The Hall–Kier alpha value is -2.70. The maximum atomic E-state index is 12.6. The highest BCUT2D eigenvalue weighted by atomic mass is 35.5. The number of Topliss-reactive ketones (excluding diaryl/α,β-unsaturated/α-hetero) is 1. The summed E-state index contributed by atoms with van der Waals surface area (Å²) in [6.45, 7) is 0. The Morgan fingerprint density at radius 3 is 2.85 bits per heavy atom. The van der Waals surface area contributed by atoms with E-state index >= 15 is 0 Å². The number of thiazole rings is 1. The summed E-state index contributed by atoms with van der Waals surface area (Å²) < 4.78 is 5.71. The number of benzene rings is 2. The smallest absolute Gasteiger partial charge is 0.266 e. The second kappa shape index (κ2) is 6.90. The van der Waals surface area contributed by atoms with Crippen molar-refractivity contribution in [2.45, 2.75) is 12.5 Å². The lowest BCUT2D eigenvalue weighted by atomic mass is 10.0. The summed E-state index contributed by atoms with van der Waals surface area (Å²) in [6.07, 6.45) is -0.916. The number of rotatable bonds is 3. The molecule has 1 N–H and O–H groups in total. The van der Waals surface area contributed by atoms with Crippen molar-refractivity contribution in [1.82, 2.24) is 4.98 Å². The zero-order valence-electron chi connectivity index (χ0n) is 13.4. The van der Waals surface area contributed by atoms with E-state index in [-0.39, 0.29) is 18.1 Å². The van der Waals surface area contributed by atoms with E-state index in [2.05, 4.69) is 10.3 Å². The summed E-state index contributed by atoms with van der Waals surface area (Å²) in [4.78, 5) is 29.3. The predicted molar refractivity (Wildman–Crippen MR) is 101 cm³/mol. The number of halogens is 1. The van der Waals surface area contributed by atoms with Gasteiger partial charge in [0.15, 0.2) is 11.9 Å². The summed E-state index contributed by atoms with van der Waals surface area (Å²) >= 11 is 7.24. The number of hydrogen-bond acceptors (Lipinski definition) is 5. The maximum absolute atomic E-state index is 12.6. The third-order valence-electron chi connectivity index (χ3n) is 4.03. The van der Waals surface area contributed by atoms with Gasteiger partial charge < -0.3 is 10.1 Å². The Bertz CT molecular complexity index is 987. The molecule has 0 radical (unpaired) electrons. The molecular formula is C19H13ClN2O3S. The first-order valence-electron chi connectivity index (χ1n) is 7.91. The van der Waals surface area contributed by atoms with Crippen LogP contribution in [0, 0.1) is 0 Å². The zero-order valence-corrected chi connectivity index (χ0v) is 15.0. The lowest BCUT2D eigenvalue weighted by Gasteiger charge is -2.24. The first-order chi connectivity index (χ1) is 12.6. The normalized spacial score (nSPS) is 15.9. The molecule has 1 atom stereocenters. The number of ketones is 1. The fourth-order valence-corrected chi connectivity index (χ4v) is 3.65. The number of carbonyl (C=O) groups excluding carboxylic acids is 2. The van der Waals surface area contributed by atoms with E-state index in [0.29, 0.717) is 27.0 Å². The average molecular weight is 385 g/mol. The maximum Gasteiger partial charge on any atom is 0.266 e. The lowest BCUT2D eigenvalue weighted by Crippen LogP contribution is -2.38. The van der Waals surface area contributed by atoms with E-state index in [0.717, 1.165) is 5.56 Å². The molecule has 7 heteroatoms. The summed E-state index contributed by atoms with van der Waals surface area (Å²) in [5.41, 5.74) is 3.68. The molecular weight excluding hydrogens is 372 g/mol. The van der Waals surface area contributed by atoms with E-state index in [9.17, 15) is 9.59 Å². The summed E-state index contributed by atoms with van der Waals surface area (Å²) in [5, 5.41) is 3.92. The number of ether oxygens (including phenoxy) is 1. The molecule has 0 aliphatic carbocycles. The SMILES string of the molecule is O=C1C[C@@H](C(=O)Nc2scnc2-c2ccccc2)Oc2ccc(Cl)cc21. The topological polar surface area (TPSA) is 68.3 Å². The lowest BCUT2D eigenvalue weighted by molar-refractivity contribution is -0.122. The number of nitrogens with zero attached hydrogens (tertiary/aromatic N) is 1. The van der Waals surface area contributed by atoms with Gasteiger partial charge in [-0.3, -0.25) is 9.59 Å². The second-order valence-corrected chi connectivity index (χ2v) is 7.05. The number of aromatic nitrogens is 1. The van der Waals surface area contributed by atoms with Gasteiger partial charge >= 0.3 is 0 Å². The van der Waals surface area contributed by atoms with Crippen LogP contribution in [0.25, 0.3) is 11.3 Å². The van der Waals surface area contributed by atoms with Crippen LogP contribution < -0.4 is 10.1 Å². The molecule has 0 unspecified atom stereocenters. The monoisotopic (exact) mass is 384 g/mol. The largest absolute Gasteiger partial charge is 0.479 e. The number of hydrogen-bond donors (Lipinski definition) is 1. The highest BCUT2D eigenvalue weighted by molar-refractivity contribution is 7.14. The van der Waals surface area contributed by atoms with Gasteiger partial charge in [-0.2, -0.15) is 0 Å². The minimum atomic E-state index is -0.887. The second-order valence-electron chi connectivity index (χ2n) is 5.76. The van der Waals surface area contributed by atoms with Gasteiger partial charge in [0.25, 0.3) is 5.91 Å². The molecule has 3 aromatic rings. The van der Waals surface area contributed by atoms with E-state index < -0.39 is 6.10 Å². The van der Waals surface area contributed by atoms with Gasteiger partial charge in [-0.05, 0) is 18.2 Å². The van der Waals surface area contributed by atoms with Crippen molar-refractivity contribution >= 4 is 39.6 Å². The van der Waals surface area contributed by atoms with Gasteiger partial charge in [0.1, 0.15) is 16.4 Å². The van der Waals surface area contributed by atoms with E-state index in [1.807, 2.05) is 30.3 Å². The van der Waals surface area contributed by atoms with Crippen LogP contribution >= 0.6 is 22.9 Å². The van der Waals surface area contributed by atoms with E-state index in [1.165, 1.54) is 11.3 Å². The Morgan fingerprint density at radius 2 is 2.04 bits per heavy atom. The molecule has 130 valence electrons. The first-order valence-corrected chi connectivity index (χ1v) is 9.17. The first kappa shape index (κ1) is 16.8. The molecule has 26 heavy (non-hydrogen) atoms. The van der Waals surface area contributed by atoms with Gasteiger partial charge in [-0.1, -0.05) is 41.9 Å². The third kappa shape index (κ3) is 3.21. The number of fused-ring (bicyclic) bond motifs is 1. The van der Waals surface area contributed by atoms with Crippen molar-refractivity contribution in [3.05, 3.63) is 64.6 Å². The Kier molecular flexibility index (Phi) is 4.44. The molecule has 0 bridgehead atoms. The molecule has 2 aromatic carbocycles. The molecule has 1 aliphatic rings. The van der Waals surface area contributed by atoms with Crippen molar-refractivity contribution in [2.75, 3.05) is 5.32 Å². The van der Waals surface area contributed by atoms with Crippen LogP contribution in [-0.2, 0) is 4.79 Å². The Balaban J connectivity index is 1.54. The Labute approximate surface area is 158 Å². The summed E-state index contributed by atoms with van der Waals surface area (Å²) in [7, 11) is 0. The standard InChI is InChI=1S/C19H13ClN2O3S/c20-12-6-7-15-13(8-12)14(23)9-16(25-15)18(24)22-19-17(21-10-26-19)11-4-2-1-3-5-11/h1-8,10,16H,9H2,(H,22,24)/t16-/m0/s1. The van der Waals surface area contributed by atoms with Crippen LogP contribution in [0.15, 0.2) is 54.0 Å². The summed E-state index contributed by atoms with van der Waals surface area (Å²) in [5.74, 6) is -0.166. The molecule has 1 amide bonds. The third-order valence-corrected chi connectivity index (χ3v) is 5.00. The number of amides is 1. The van der Waals surface area contributed by atoms with Crippen molar-refractivity contribution < 1.29 is 14.3 Å². The van der Waals surface area contributed by atoms with Gasteiger partial charge in [0.2, 0.25) is 0 Å². The molecule has 0 fully saturated rings. The van der Waals surface area contributed by atoms with Crippen molar-refractivity contribution in [3.63, 3.8) is 0 Å². The molecule has 0 saturated carbocycles. The number of carbonyl (C=O) groups is 2. The highest BCUT2D eigenvalue weighted by Gasteiger charge is 2.32. The quantitative estimate of drug-likeness (QED) is 0.725. The summed E-state index contributed by atoms with van der Waals surface area (Å²) in [6, 6.07) is 14.4. The van der Waals surface area contributed by atoms with Crippen molar-refractivity contribution in [1.29, 1.82) is 0 Å². The predicted octanol–water partition coefficient (Wildman–Crippen LogP) is 4.44. The minimum Gasteiger partial charge on any atom is -0.479 e. The zero-order chi connectivity index (χ0) is 18.1. The molecule has 5 nitrogen and oxygen atoms in total. The number of nitrogens with one attached hydrogen (secondary N) is 1. The minimum absolute atomic E-state index is 0.0291. The Morgan fingerprint density at radius 1 is 1.23 bits per heavy atom. The van der Waals surface area contributed by atoms with Crippen molar-refractivity contribution in [3.8, 4) is 17.0 Å². The van der Waals surface area contributed by atoms with E-state index in [4.69, 9.17) is 16.3 Å². The van der Waals surface area contributed by atoms with E-state index in [1.54, 1.807) is 23.7 Å². The fourth-order valence-electron chi connectivity index (χ4n) is 2.77. The van der Waals surface area contributed by atoms with Gasteiger partial charge in [0.05, 0.1) is 17.5 Å². The number of anilines is 1. The molecule has 0 saturated heterocycles. The highest BCUT2D eigenvalue weighted by Crippen LogP contribution is 2.33. The van der Waals surface area contributed by atoms with Crippen LogP contribution in [0.4, 0.5) is 5.00 Å².